The summed E-state index contributed by atoms with van der Waals surface area (Å²) < 4.78 is 0.886. The van der Waals surface area contributed by atoms with Crippen LogP contribution >= 0.6 is 15.9 Å². The normalized spacial score (nSPS) is 9.74. The Kier molecular flexibility index (Phi) is 3.93. The molecule has 1 aromatic carbocycles. The summed E-state index contributed by atoms with van der Waals surface area (Å²) >= 11 is 3.35. The van der Waals surface area contributed by atoms with Crippen molar-refractivity contribution in [3.8, 4) is 6.07 Å². The largest absolute Gasteiger partial charge is 0.307 e. The summed E-state index contributed by atoms with van der Waals surface area (Å²) in [7, 11) is 0. The predicted molar refractivity (Wildman–Crippen MR) is 75.8 cm³/mol. The first-order valence-corrected chi connectivity index (χ1v) is 6.33. The molecule has 0 spiro atoms. The number of nitriles is 1. The topological polar surface area (TPSA) is 65.8 Å². The maximum atomic E-state index is 12.0. The molecule has 0 bridgehead atoms. The molecule has 1 N–H and O–H groups in total. The molecule has 5 heteroatoms. The Morgan fingerprint density at radius 1 is 1.42 bits per heavy atom. The quantitative estimate of drug-likeness (QED) is 0.924. The number of aromatic nitrogens is 1. The molecule has 2 rings (SSSR count). The number of rotatable bonds is 2. The zero-order valence-corrected chi connectivity index (χ0v) is 11.7. The van der Waals surface area contributed by atoms with Gasteiger partial charge in [0.05, 0.1) is 11.6 Å². The van der Waals surface area contributed by atoms with Crippen LogP contribution in [0.2, 0.25) is 0 Å². The fourth-order valence-corrected chi connectivity index (χ4v) is 1.74. The Labute approximate surface area is 119 Å². The number of carbonyl (C=O) groups is 1. The van der Waals surface area contributed by atoms with Gasteiger partial charge in [0.2, 0.25) is 0 Å². The van der Waals surface area contributed by atoms with Crippen LogP contribution in [-0.4, -0.2) is 10.9 Å². The number of nitrogens with one attached hydrogen (secondary N) is 1. The van der Waals surface area contributed by atoms with Gasteiger partial charge in [0.15, 0.2) is 0 Å². The van der Waals surface area contributed by atoms with Crippen LogP contribution in [0.15, 0.2) is 41.0 Å². The molecule has 1 aromatic heterocycles. The minimum Gasteiger partial charge on any atom is -0.307 e. The second kappa shape index (κ2) is 5.63. The van der Waals surface area contributed by atoms with Crippen molar-refractivity contribution in [1.29, 1.82) is 5.26 Å². The maximum absolute atomic E-state index is 12.0. The van der Waals surface area contributed by atoms with Gasteiger partial charge in [-0.2, -0.15) is 5.26 Å². The van der Waals surface area contributed by atoms with E-state index in [9.17, 15) is 4.79 Å². The molecule has 2 aromatic rings. The average molecular weight is 316 g/mol. The number of halogens is 1. The zero-order valence-electron chi connectivity index (χ0n) is 10.1. The SMILES string of the molecule is Cc1cc(NC(=O)c2cccc(C#N)c2)ncc1Br. The highest BCUT2D eigenvalue weighted by Crippen LogP contribution is 2.17. The van der Waals surface area contributed by atoms with Crippen LogP contribution in [0, 0.1) is 18.3 Å². The molecule has 94 valence electrons. The van der Waals surface area contributed by atoms with E-state index in [2.05, 4.69) is 26.2 Å². The molecule has 0 aliphatic heterocycles. The minimum absolute atomic E-state index is 0.286. The molecule has 0 fully saturated rings. The summed E-state index contributed by atoms with van der Waals surface area (Å²) in [6.07, 6.45) is 1.64. The predicted octanol–water partition coefficient (Wildman–Crippen LogP) is 3.28. The summed E-state index contributed by atoms with van der Waals surface area (Å²) in [5.74, 6) is 0.194. The molecule has 0 saturated carbocycles. The van der Waals surface area contributed by atoms with E-state index in [4.69, 9.17) is 5.26 Å². The number of anilines is 1. The van der Waals surface area contributed by atoms with E-state index in [0.29, 0.717) is 16.9 Å². The van der Waals surface area contributed by atoms with Crippen molar-refractivity contribution in [1.82, 2.24) is 4.98 Å². The number of benzene rings is 1. The number of hydrogen-bond donors (Lipinski definition) is 1. The van der Waals surface area contributed by atoms with Gasteiger partial charge in [-0.1, -0.05) is 6.07 Å². The Morgan fingerprint density at radius 3 is 2.89 bits per heavy atom. The summed E-state index contributed by atoms with van der Waals surface area (Å²) in [5, 5.41) is 11.5. The fourth-order valence-electron chi connectivity index (χ4n) is 1.53. The van der Waals surface area contributed by atoms with Gasteiger partial charge in [0.25, 0.3) is 5.91 Å². The van der Waals surface area contributed by atoms with E-state index in [1.54, 1.807) is 36.5 Å². The van der Waals surface area contributed by atoms with Crippen LogP contribution in [-0.2, 0) is 0 Å². The van der Waals surface area contributed by atoms with E-state index in [-0.39, 0.29) is 5.91 Å². The second-order valence-corrected chi connectivity index (χ2v) is 4.82. The van der Waals surface area contributed by atoms with Crippen molar-refractivity contribution in [2.75, 3.05) is 5.32 Å². The van der Waals surface area contributed by atoms with Gasteiger partial charge in [0, 0.05) is 16.2 Å². The van der Waals surface area contributed by atoms with Gasteiger partial charge >= 0.3 is 0 Å². The summed E-state index contributed by atoms with van der Waals surface area (Å²) in [4.78, 5) is 16.1. The highest BCUT2D eigenvalue weighted by Gasteiger charge is 2.08. The number of hydrogen-bond acceptors (Lipinski definition) is 3. The molecule has 4 nitrogen and oxygen atoms in total. The van der Waals surface area contributed by atoms with Crippen molar-refractivity contribution in [3.63, 3.8) is 0 Å². The van der Waals surface area contributed by atoms with Gasteiger partial charge in [-0.15, -0.1) is 0 Å². The van der Waals surface area contributed by atoms with Crippen LogP contribution in [0.3, 0.4) is 0 Å². The van der Waals surface area contributed by atoms with Gasteiger partial charge in [0.1, 0.15) is 5.82 Å². The first-order chi connectivity index (χ1) is 9.10. The van der Waals surface area contributed by atoms with Crippen molar-refractivity contribution >= 4 is 27.7 Å². The standard InChI is InChI=1S/C14H10BrN3O/c1-9-5-13(17-8-12(9)15)18-14(19)11-4-2-3-10(6-11)7-16/h2-6,8H,1H3,(H,17,18,19). The van der Waals surface area contributed by atoms with Crippen LogP contribution in [0.25, 0.3) is 0 Å². The average Bonchev–Trinajstić information content (AvgIpc) is 2.43. The van der Waals surface area contributed by atoms with Gasteiger partial charge in [-0.25, -0.2) is 4.98 Å². The molecular weight excluding hydrogens is 306 g/mol. The molecule has 1 heterocycles. The first-order valence-electron chi connectivity index (χ1n) is 5.54. The lowest BCUT2D eigenvalue weighted by atomic mass is 10.1. The van der Waals surface area contributed by atoms with E-state index in [1.165, 1.54) is 0 Å². The lowest BCUT2D eigenvalue weighted by molar-refractivity contribution is 0.102. The second-order valence-electron chi connectivity index (χ2n) is 3.97. The number of aryl methyl sites for hydroxylation is 1. The van der Waals surface area contributed by atoms with Crippen molar-refractivity contribution in [3.05, 3.63) is 57.7 Å². The molecule has 0 atom stereocenters. The smallest absolute Gasteiger partial charge is 0.256 e. The molecule has 0 aliphatic carbocycles. The zero-order chi connectivity index (χ0) is 13.8. The molecule has 0 aliphatic rings. The number of amides is 1. The Bertz CT molecular complexity index is 677. The Morgan fingerprint density at radius 2 is 2.21 bits per heavy atom. The molecule has 0 saturated heterocycles. The molecule has 19 heavy (non-hydrogen) atoms. The highest BCUT2D eigenvalue weighted by molar-refractivity contribution is 9.10. The highest BCUT2D eigenvalue weighted by atomic mass is 79.9. The number of nitrogens with zero attached hydrogens (tertiary/aromatic N) is 2. The lowest BCUT2D eigenvalue weighted by Gasteiger charge is -2.06. The summed E-state index contributed by atoms with van der Waals surface area (Å²) in [6, 6.07) is 10.3. The third-order valence-corrected chi connectivity index (χ3v) is 3.37. The van der Waals surface area contributed by atoms with E-state index in [1.807, 2.05) is 13.0 Å². The first kappa shape index (κ1) is 13.2. The third kappa shape index (κ3) is 3.18. The molecular formula is C14H10BrN3O. The van der Waals surface area contributed by atoms with Crippen LogP contribution in [0.1, 0.15) is 21.5 Å². The van der Waals surface area contributed by atoms with Gasteiger partial charge in [-0.05, 0) is 52.7 Å². The lowest BCUT2D eigenvalue weighted by Crippen LogP contribution is -2.13. The van der Waals surface area contributed by atoms with Gasteiger partial charge in [-0.3, -0.25) is 4.79 Å². The van der Waals surface area contributed by atoms with Crippen LogP contribution < -0.4 is 5.32 Å². The van der Waals surface area contributed by atoms with Crippen LogP contribution in [0.5, 0.6) is 0 Å². The van der Waals surface area contributed by atoms with Crippen molar-refractivity contribution in [2.24, 2.45) is 0 Å². The molecule has 1 amide bonds. The number of pyridine rings is 1. The summed E-state index contributed by atoms with van der Waals surface area (Å²) in [6.45, 7) is 1.91. The van der Waals surface area contributed by atoms with Crippen LogP contribution in [0.4, 0.5) is 5.82 Å². The van der Waals surface area contributed by atoms with Crippen molar-refractivity contribution in [2.45, 2.75) is 6.92 Å². The minimum atomic E-state index is -0.286. The van der Waals surface area contributed by atoms with E-state index >= 15 is 0 Å². The summed E-state index contributed by atoms with van der Waals surface area (Å²) in [5.41, 5.74) is 1.87. The fraction of sp³-hybridized carbons (Fsp3) is 0.0714. The van der Waals surface area contributed by atoms with E-state index in [0.717, 1.165) is 10.0 Å². The Hall–Kier alpha value is -2.19. The van der Waals surface area contributed by atoms with E-state index < -0.39 is 0 Å². The third-order valence-electron chi connectivity index (χ3n) is 2.54. The monoisotopic (exact) mass is 315 g/mol. The van der Waals surface area contributed by atoms with Crippen molar-refractivity contribution < 1.29 is 4.79 Å². The Balaban J connectivity index is 2.21. The maximum Gasteiger partial charge on any atom is 0.256 e. The number of carbonyl (C=O) groups excluding carboxylic acids is 1. The van der Waals surface area contributed by atoms with Gasteiger partial charge < -0.3 is 5.32 Å². The molecule has 0 radical (unpaired) electrons. The molecule has 0 unspecified atom stereocenters.